The van der Waals surface area contributed by atoms with Crippen LogP contribution in [-0.2, 0) is 24.0 Å². The molecule has 0 saturated carbocycles. The first-order valence-electron chi connectivity index (χ1n) is 7.92. The zero-order valence-electron chi connectivity index (χ0n) is 14.7. The summed E-state index contributed by atoms with van der Waals surface area (Å²) in [6.45, 7) is 0.684. The number of hydrogen-bond acceptors (Lipinski definition) is 8. The molecule has 0 aliphatic rings. The average Bonchev–Trinajstić information content (AvgIpc) is 2.58. The molecule has 27 heavy (non-hydrogen) atoms. The van der Waals surface area contributed by atoms with Crippen molar-refractivity contribution in [1.82, 2.24) is 16.0 Å². The number of primary amides is 1. The number of aliphatic hydroxyl groups excluding tert-OH is 1. The third-order valence-corrected chi connectivity index (χ3v) is 3.71. The summed E-state index contributed by atoms with van der Waals surface area (Å²) >= 11 is 3.91. The van der Waals surface area contributed by atoms with Crippen LogP contribution < -0.4 is 27.4 Å². The molecule has 0 heterocycles. The van der Waals surface area contributed by atoms with Crippen LogP contribution >= 0.6 is 12.6 Å². The maximum atomic E-state index is 12.0. The van der Waals surface area contributed by atoms with Gasteiger partial charge in [0.1, 0.15) is 6.04 Å². The van der Waals surface area contributed by atoms with Crippen molar-refractivity contribution in [2.24, 2.45) is 11.5 Å². The van der Waals surface area contributed by atoms with E-state index in [2.05, 4.69) is 28.6 Å². The van der Waals surface area contributed by atoms with Crippen molar-refractivity contribution in [3.05, 3.63) is 0 Å². The van der Waals surface area contributed by atoms with Gasteiger partial charge in [-0.1, -0.05) is 0 Å². The van der Waals surface area contributed by atoms with Gasteiger partial charge in [-0.15, -0.1) is 0 Å². The predicted octanol–water partition coefficient (Wildman–Crippen LogP) is -3.94. The maximum absolute atomic E-state index is 12.0. The summed E-state index contributed by atoms with van der Waals surface area (Å²) in [7, 11) is 0. The molecule has 0 saturated heterocycles. The Balaban J connectivity index is 4.55. The fraction of sp³-hybridized carbons (Fsp3) is 0.643. The number of carbonyl (C=O) groups excluding carboxylic acids is 4. The van der Waals surface area contributed by atoms with E-state index in [0.717, 1.165) is 0 Å². The van der Waals surface area contributed by atoms with Gasteiger partial charge in [0, 0.05) is 12.2 Å². The first-order chi connectivity index (χ1) is 12.5. The van der Waals surface area contributed by atoms with Crippen molar-refractivity contribution in [1.29, 1.82) is 0 Å². The van der Waals surface area contributed by atoms with Crippen molar-refractivity contribution in [3.63, 3.8) is 0 Å². The van der Waals surface area contributed by atoms with Gasteiger partial charge in [0.25, 0.3) is 0 Å². The third-order valence-electron chi connectivity index (χ3n) is 3.34. The molecule has 0 aliphatic carbocycles. The molecular weight excluding hydrogens is 382 g/mol. The number of carboxylic acid groups (broad SMARTS) is 1. The Morgan fingerprint density at radius 1 is 1.11 bits per heavy atom. The Morgan fingerprint density at radius 2 is 1.70 bits per heavy atom. The Hall–Kier alpha value is -2.38. The zero-order valence-corrected chi connectivity index (χ0v) is 15.6. The minimum Gasteiger partial charge on any atom is -0.480 e. The Kier molecular flexibility index (Phi) is 11.0. The van der Waals surface area contributed by atoms with Crippen LogP contribution in [0.4, 0.5) is 0 Å². The SMILES string of the molecule is CC(O)C(NC(=O)C(CS)NC(=O)CNC(=O)C(N)CCC(N)=O)C(=O)O. The third kappa shape index (κ3) is 9.77. The van der Waals surface area contributed by atoms with Crippen molar-refractivity contribution in [2.75, 3.05) is 12.3 Å². The molecule has 12 nitrogen and oxygen atoms in total. The highest BCUT2D eigenvalue weighted by Gasteiger charge is 2.29. The van der Waals surface area contributed by atoms with E-state index >= 15 is 0 Å². The van der Waals surface area contributed by atoms with Crippen LogP contribution in [0.2, 0.25) is 0 Å². The number of carboxylic acids is 1. The minimum atomic E-state index is -1.56. The lowest BCUT2D eigenvalue weighted by Crippen LogP contribution is -2.56. The molecule has 4 amide bonds. The Labute approximate surface area is 160 Å². The number of carbonyl (C=O) groups is 5. The molecule has 0 spiro atoms. The van der Waals surface area contributed by atoms with Crippen molar-refractivity contribution in [3.8, 4) is 0 Å². The van der Waals surface area contributed by atoms with Crippen molar-refractivity contribution < 1.29 is 34.2 Å². The highest BCUT2D eigenvalue weighted by atomic mass is 32.1. The van der Waals surface area contributed by atoms with Gasteiger partial charge in [-0.3, -0.25) is 19.2 Å². The number of nitrogens with one attached hydrogen (secondary N) is 3. The van der Waals surface area contributed by atoms with E-state index in [0.29, 0.717) is 0 Å². The second kappa shape index (κ2) is 12.1. The smallest absolute Gasteiger partial charge is 0.328 e. The number of amides is 4. The fourth-order valence-corrected chi connectivity index (χ4v) is 2.07. The summed E-state index contributed by atoms with van der Waals surface area (Å²) in [6.07, 6.45) is -1.43. The van der Waals surface area contributed by atoms with Crippen LogP contribution in [0.25, 0.3) is 0 Å². The molecular formula is C14H25N5O7S. The highest BCUT2D eigenvalue weighted by Crippen LogP contribution is 1.97. The normalized spacial score (nSPS) is 15.0. The molecule has 0 aromatic rings. The molecule has 0 aromatic heterocycles. The first kappa shape index (κ1) is 24.6. The van der Waals surface area contributed by atoms with E-state index < -0.39 is 60.4 Å². The molecule has 4 unspecified atom stereocenters. The largest absolute Gasteiger partial charge is 0.480 e. The van der Waals surface area contributed by atoms with E-state index in [1.54, 1.807) is 0 Å². The quantitative estimate of drug-likeness (QED) is 0.149. The van der Waals surface area contributed by atoms with Gasteiger partial charge in [-0.2, -0.15) is 12.6 Å². The highest BCUT2D eigenvalue weighted by molar-refractivity contribution is 7.80. The molecule has 154 valence electrons. The average molecular weight is 407 g/mol. The van der Waals surface area contributed by atoms with Crippen molar-refractivity contribution >= 4 is 42.2 Å². The molecule has 4 atom stereocenters. The van der Waals surface area contributed by atoms with Gasteiger partial charge >= 0.3 is 5.97 Å². The molecule has 0 fully saturated rings. The maximum Gasteiger partial charge on any atom is 0.328 e. The van der Waals surface area contributed by atoms with Gasteiger partial charge in [0.05, 0.1) is 18.7 Å². The molecule has 13 heteroatoms. The van der Waals surface area contributed by atoms with Crippen LogP contribution in [0.1, 0.15) is 19.8 Å². The van der Waals surface area contributed by atoms with Gasteiger partial charge in [-0.25, -0.2) is 4.79 Å². The number of nitrogens with two attached hydrogens (primary N) is 2. The molecule has 0 bridgehead atoms. The fourth-order valence-electron chi connectivity index (χ4n) is 1.81. The monoisotopic (exact) mass is 407 g/mol. The van der Waals surface area contributed by atoms with Crippen LogP contribution in [0.5, 0.6) is 0 Å². The van der Waals surface area contributed by atoms with Gasteiger partial charge in [0.15, 0.2) is 6.04 Å². The summed E-state index contributed by atoms with van der Waals surface area (Å²) < 4.78 is 0. The first-order valence-corrected chi connectivity index (χ1v) is 8.55. The van der Waals surface area contributed by atoms with Gasteiger partial charge in [0.2, 0.25) is 23.6 Å². The lowest BCUT2D eigenvalue weighted by Gasteiger charge is -2.21. The molecule has 9 N–H and O–H groups in total. The molecule has 0 aromatic carbocycles. The van der Waals surface area contributed by atoms with E-state index in [9.17, 15) is 29.1 Å². The van der Waals surface area contributed by atoms with Crippen LogP contribution in [-0.4, -0.2) is 76.3 Å². The number of aliphatic hydroxyl groups is 1. The van der Waals surface area contributed by atoms with E-state index in [1.807, 2.05) is 0 Å². The lowest BCUT2D eigenvalue weighted by molar-refractivity contribution is -0.145. The summed E-state index contributed by atoms with van der Waals surface area (Å²) in [6, 6.07) is -3.78. The molecule has 0 radical (unpaired) electrons. The second-order valence-electron chi connectivity index (χ2n) is 5.70. The van der Waals surface area contributed by atoms with E-state index in [4.69, 9.17) is 16.6 Å². The van der Waals surface area contributed by atoms with Crippen LogP contribution in [0.3, 0.4) is 0 Å². The molecule has 0 aliphatic heterocycles. The van der Waals surface area contributed by atoms with Gasteiger partial charge < -0.3 is 37.6 Å². The summed E-state index contributed by atoms with van der Waals surface area (Å²) in [5.74, 6) is -4.51. The Morgan fingerprint density at radius 3 is 2.15 bits per heavy atom. The predicted molar refractivity (Wildman–Crippen MR) is 96.4 cm³/mol. The summed E-state index contributed by atoms with van der Waals surface area (Å²) in [5.41, 5.74) is 10.5. The summed E-state index contributed by atoms with van der Waals surface area (Å²) in [5, 5.41) is 24.9. The number of rotatable bonds is 12. The van der Waals surface area contributed by atoms with Crippen LogP contribution in [0.15, 0.2) is 0 Å². The molecule has 0 rings (SSSR count). The van der Waals surface area contributed by atoms with E-state index in [1.165, 1.54) is 6.92 Å². The minimum absolute atomic E-state index is 0.0143. The van der Waals surface area contributed by atoms with E-state index in [-0.39, 0.29) is 18.6 Å². The number of aliphatic carboxylic acids is 1. The summed E-state index contributed by atoms with van der Waals surface area (Å²) in [4.78, 5) is 57.2. The van der Waals surface area contributed by atoms with Gasteiger partial charge in [-0.05, 0) is 13.3 Å². The second-order valence-corrected chi connectivity index (χ2v) is 6.06. The zero-order chi connectivity index (χ0) is 21.1. The Bertz CT molecular complexity index is 572. The topological polar surface area (TPSA) is 214 Å². The standard InChI is InChI=1S/C14H25N5O7S/c1-6(20)11(14(25)26)19-13(24)8(5-27)18-10(22)4-17-12(23)7(15)2-3-9(16)21/h6-8,11,20,27H,2-5,15H2,1H3,(H2,16,21)(H,17,23)(H,18,22)(H,19,24)(H,25,26). The van der Waals surface area contributed by atoms with Crippen LogP contribution in [0, 0.1) is 0 Å². The number of hydrogen-bond donors (Lipinski definition) is 8. The number of thiol groups is 1. The lowest BCUT2D eigenvalue weighted by atomic mass is 10.1. The van der Waals surface area contributed by atoms with Crippen molar-refractivity contribution in [2.45, 2.75) is 44.0 Å².